The van der Waals surface area contributed by atoms with Crippen molar-refractivity contribution in [3.05, 3.63) is 27.8 Å². The molecule has 1 aliphatic rings. The molecule has 1 nitrogen and oxygen atoms in total. The summed E-state index contributed by atoms with van der Waals surface area (Å²) in [5, 5.41) is 3.70. The second kappa shape index (κ2) is 5.19. The highest BCUT2D eigenvalue weighted by Gasteiger charge is 2.25. The molecule has 1 aromatic rings. The standard InChI is InChI=1S/C13H18IN/c1-2-10-6-5-9-12(10)15-13-8-4-3-7-11(13)14/h3-4,7-8,10,12,15H,2,5-6,9H2,1H3. The molecule has 0 spiro atoms. The van der Waals surface area contributed by atoms with Crippen LogP contribution in [0.2, 0.25) is 0 Å². The molecule has 0 aliphatic heterocycles. The van der Waals surface area contributed by atoms with Gasteiger partial charge in [0.2, 0.25) is 0 Å². The first-order valence-electron chi connectivity index (χ1n) is 5.82. The number of hydrogen-bond acceptors (Lipinski definition) is 1. The van der Waals surface area contributed by atoms with Crippen LogP contribution in [0.1, 0.15) is 32.6 Å². The van der Waals surface area contributed by atoms with E-state index in [4.69, 9.17) is 0 Å². The number of nitrogens with one attached hydrogen (secondary N) is 1. The van der Waals surface area contributed by atoms with Gasteiger partial charge in [-0.1, -0.05) is 31.9 Å². The van der Waals surface area contributed by atoms with E-state index in [-0.39, 0.29) is 0 Å². The quantitative estimate of drug-likeness (QED) is 0.821. The lowest BCUT2D eigenvalue weighted by Crippen LogP contribution is -2.23. The summed E-state index contributed by atoms with van der Waals surface area (Å²) in [6.45, 7) is 2.31. The third kappa shape index (κ3) is 2.65. The highest BCUT2D eigenvalue weighted by atomic mass is 127. The molecule has 15 heavy (non-hydrogen) atoms. The van der Waals surface area contributed by atoms with Crippen LogP contribution in [0.4, 0.5) is 5.69 Å². The fraction of sp³-hybridized carbons (Fsp3) is 0.538. The maximum atomic E-state index is 3.70. The number of benzene rings is 1. The smallest absolute Gasteiger partial charge is 0.0478 e. The largest absolute Gasteiger partial charge is 0.381 e. The van der Waals surface area contributed by atoms with Crippen LogP contribution in [0, 0.1) is 9.49 Å². The summed E-state index contributed by atoms with van der Waals surface area (Å²) in [7, 11) is 0. The fourth-order valence-electron chi connectivity index (χ4n) is 2.49. The lowest BCUT2D eigenvalue weighted by atomic mass is 10.0. The zero-order valence-electron chi connectivity index (χ0n) is 9.17. The molecule has 1 saturated carbocycles. The van der Waals surface area contributed by atoms with Crippen LogP contribution in [-0.4, -0.2) is 6.04 Å². The van der Waals surface area contributed by atoms with Crippen molar-refractivity contribution in [2.75, 3.05) is 5.32 Å². The van der Waals surface area contributed by atoms with E-state index in [0.717, 1.165) is 5.92 Å². The Morgan fingerprint density at radius 3 is 2.87 bits per heavy atom. The van der Waals surface area contributed by atoms with Gasteiger partial charge in [0.1, 0.15) is 0 Å². The average molecular weight is 315 g/mol. The molecule has 1 aliphatic carbocycles. The number of rotatable bonds is 3. The topological polar surface area (TPSA) is 12.0 Å². The molecule has 0 bridgehead atoms. The molecule has 0 amide bonds. The first-order chi connectivity index (χ1) is 7.31. The van der Waals surface area contributed by atoms with Crippen molar-refractivity contribution in [3.63, 3.8) is 0 Å². The van der Waals surface area contributed by atoms with Crippen LogP contribution < -0.4 is 5.32 Å². The van der Waals surface area contributed by atoms with Crippen molar-refractivity contribution in [3.8, 4) is 0 Å². The molecular weight excluding hydrogens is 297 g/mol. The van der Waals surface area contributed by atoms with Gasteiger partial charge in [-0.3, -0.25) is 0 Å². The average Bonchev–Trinajstić information content (AvgIpc) is 2.69. The minimum absolute atomic E-state index is 0.700. The Morgan fingerprint density at radius 1 is 1.33 bits per heavy atom. The van der Waals surface area contributed by atoms with Gasteiger partial charge >= 0.3 is 0 Å². The Kier molecular flexibility index (Phi) is 3.89. The number of halogens is 1. The monoisotopic (exact) mass is 315 g/mol. The van der Waals surface area contributed by atoms with Gasteiger partial charge in [-0.2, -0.15) is 0 Å². The summed E-state index contributed by atoms with van der Waals surface area (Å²) in [5.74, 6) is 0.876. The van der Waals surface area contributed by atoms with E-state index in [1.807, 2.05) is 0 Å². The van der Waals surface area contributed by atoms with Gasteiger partial charge in [0.15, 0.2) is 0 Å². The van der Waals surface area contributed by atoms with Crippen LogP contribution in [0.25, 0.3) is 0 Å². The molecule has 2 heteroatoms. The Hall–Kier alpha value is -0.250. The van der Waals surface area contributed by atoms with Crippen LogP contribution in [-0.2, 0) is 0 Å². The van der Waals surface area contributed by atoms with Crippen LogP contribution in [0.3, 0.4) is 0 Å². The minimum atomic E-state index is 0.700. The molecule has 1 aromatic carbocycles. The fourth-order valence-corrected chi connectivity index (χ4v) is 3.04. The number of hydrogen-bond donors (Lipinski definition) is 1. The molecule has 0 saturated heterocycles. The summed E-state index contributed by atoms with van der Waals surface area (Å²) in [6.07, 6.45) is 5.43. The minimum Gasteiger partial charge on any atom is -0.381 e. The summed E-state index contributed by atoms with van der Waals surface area (Å²) < 4.78 is 1.33. The van der Waals surface area contributed by atoms with Crippen LogP contribution in [0.5, 0.6) is 0 Å². The summed E-state index contributed by atoms with van der Waals surface area (Å²) in [6, 6.07) is 9.26. The van der Waals surface area contributed by atoms with Gasteiger partial charge in [-0.05, 0) is 53.5 Å². The van der Waals surface area contributed by atoms with E-state index in [0.29, 0.717) is 6.04 Å². The number of para-hydroxylation sites is 1. The van der Waals surface area contributed by atoms with Crippen molar-refractivity contribution in [1.82, 2.24) is 0 Å². The van der Waals surface area contributed by atoms with E-state index in [1.54, 1.807) is 0 Å². The Labute approximate surface area is 106 Å². The van der Waals surface area contributed by atoms with Gasteiger partial charge in [0, 0.05) is 15.3 Å². The highest BCUT2D eigenvalue weighted by Crippen LogP contribution is 2.31. The molecule has 0 aromatic heterocycles. The Bertz CT molecular complexity index is 324. The molecule has 0 radical (unpaired) electrons. The molecular formula is C13H18IN. The molecule has 2 rings (SSSR count). The van der Waals surface area contributed by atoms with Crippen LogP contribution >= 0.6 is 22.6 Å². The van der Waals surface area contributed by atoms with Gasteiger partial charge in [-0.15, -0.1) is 0 Å². The van der Waals surface area contributed by atoms with E-state index in [2.05, 4.69) is 59.1 Å². The second-order valence-electron chi connectivity index (χ2n) is 4.33. The second-order valence-corrected chi connectivity index (χ2v) is 5.49. The third-order valence-electron chi connectivity index (χ3n) is 3.40. The summed E-state index contributed by atoms with van der Waals surface area (Å²) in [4.78, 5) is 0. The van der Waals surface area contributed by atoms with E-state index < -0.39 is 0 Å². The normalized spacial score (nSPS) is 25.5. The lowest BCUT2D eigenvalue weighted by Gasteiger charge is -2.21. The third-order valence-corrected chi connectivity index (χ3v) is 4.34. The van der Waals surface area contributed by atoms with E-state index in [1.165, 1.54) is 34.9 Å². The first kappa shape index (κ1) is 11.2. The lowest BCUT2D eigenvalue weighted by molar-refractivity contribution is 0.489. The Morgan fingerprint density at radius 2 is 2.13 bits per heavy atom. The van der Waals surface area contributed by atoms with Crippen LogP contribution in [0.15, 0.2) is 24.3 Å². The molecule has 2 atom stereocenters. The van der Waals surface area contributed by atoms with Crippen molar-refractivity contribution >= 4 is 28.3 Å². The van der Waals surface area contributed by atoms with Gasteiger partial charge in [0.05, 0.1) is 0 Å². The van der Waals surface area contributed by atoms with Crippen molar-refractivity contribution in [1.29, 1.82) is 0 Å². The van der Waals surface area contributed by atoms with Gasteiger partial charge in [0.25, 0.3) is 0 Å². The molecule has 82 valence electrons. The van der Waals surface area contributed by atoms with E-state index in [9.17, 15) is 0 Å². The SMILES string of the molecule is CCC1CCCC1Nc1ccccc1I. The van der Waals surface area contributed by atoms with E-state index >= 15 is 0 Å². The zero-order valence-corrected chi connectivity index (χ0v) is 11.3. The zero-order chi connectivity index (χ0) is 10.7. The first-order valence-corrected chi connectivity index (χ1v) is 6.90. The summed E-state index contributed by atoms with van der Waals surface area (Å²) in [5.41, 5.74) is 1.31. The Balaban J connectivity index is 2.05. The highest BCUT2D eigenvalue weighted by molar-refractivity contribution is 14.1. The maximum Gasteiger partial charge on any atom is 0.0478 e. The molecule has 0 heterocycles. The predicted molar refractivity (Wildman–Crippen MR) is 74.2 cm³/mol. The molecule has 1 fully saturated rings. The predicted octanol–water partition coefficient (Wildman–Crippen LogP) is 4.28. The molecule has 1 N–H and O–H groups in total. The van der Waals surface area contributed by atoms with Gasteiger partial charge < -0.3 is 5.32 Å². The van der Waals surface area contributed by atoms with Crippen molar-refractivity contribution in [2.45, 2.75) is 38.6 Å². The molecule has 2 unspecified atom stereocenters. The maximum absolute atomic E-state index is 3.70. The van der Waals surface area contributed by atoms with Gasteiger partial charge in [-0.25, -0.2) is 0 Å². The van der Waals surface area contributed by atoms with Crippen molar-refractivity contribution < 1.29 is 0 Å². The summed E-state index contributed by atoms with van der Waals surface area (Å²) >= 11 is 2.40. The number of anilines is 1. The van der Waals surface area contributed by atoms with Crippen molar-refractivity contribution in [2.24, 2.45) is 5.92 Å².